The average Bonchev–Trinajstić information content (AvgIpc) is 2.09. The lowest BCUT2D eigenvalue weighted by molar-refractivity contribution is -0.124. The van der Waals surface area contributed by atoms with Crippen LogP contribution in [0.2, 0.25) is 0 Å². The van der Waals surface area contributed by atoms with Crippen LogP contribution in [0.5, 0.6) is 0 Å². The van der Waals surface area contributed by atoms with Crippen LogP contribution in [-0.2, 0) is 4.79 Å². The van der Waals surface area contributed by atoms with Gasteiger partial charge in [0.2, 0.25) is 6.35 Å². The van der Waals surface area contributed by atoms with Gasteiger partial charge in [-0.2, -0.15) is 0 Å². The van der Waals surface area contributed by atoms with E-state index in [-0.39, 0.29) is 12.5 Å². The standard InChI is InChI=1S/C8H11N3O2/c1-11-5-6(3-2-4-9)7(12)10-8(11)13/h5,8,13H,4,9H2,1H3,(H,10,12). The molecule has 5 heteroatoms. The minimum absolute atomic E-state index is 0.205. The molecule has 1 aliphatic rings. The van der Waals surface area contributed by atoms with Crippen LogP contribution >= 0.6 is 0 Å². The van der Waals surface area contributed by atoms with Crippen molar-refractivity contribution >= 4 is 5.91 Å². The molecule has 0 bridgehead atoms. The summed E-state index contributed by atoms with van der Waals surface area (Å²) in [7, 11) is 1.63. The Morgan fingerprint density at radius 3 is 3.15 bits per heavy atom. The van der Waals surface area contributed by atoms with E-state index < -0.39 is 6.35 Å². The summed E-state index contributed by atoms with van der Waals surface area (Å²) in [5, 5.41) is 11.5. The number of carbonyl (C=O) groups is 1. The Morgan fingerprint density at radius 1 is 1.85 bits per heavy atom. The largest absolute Gasteiger partial charge is 0.356 e. The van der Waals surface area contributed by atoms with Crippen molar-refractivity contribution in [2.75, 3.05) is 13.6 Å². The third-order valence-electron chi connectivity index (χ3n) is 1.55. The first kappa shape index (κ1) is 9.58. The van der Waals surface area contributed by atoms with Crippen molar-refractivity contribution in [3.05, 3.63) is 11.8 Å². The maximum atomic E-state index is 11.1. The van der Waals surface area contributed by atoms with Crippen molar-refractivity contribution in [1.82, 2.24) is 10.2 Å². The van der Waals surface area contributed by atoms with Gasteiger partial charge in [-0.1, -0.05) is 11.8 Å². The summed E-state index contributed by atoms with van der Waals surface area (Å²) in [4.78, 5) is 12.6. The van der Waals surface area contributed by atoms with Gasteiger partial charge < -0.3 is 21.1 Å². The first-order chi connectivity index (χ1) is 6.15. The van der Waals surface area contributed by atoms with Gasteiger partial charge in [0.05, 0.1) is 6.54 Å². The van der Waals surface area contributed by atoms with E-state index in [1.54, 1.807) is 7.05 Å². The number of amides is 1. The molecule has 0 fully saturated rings. The average molecular weight is 181 g/mol. The normalized spacial score (nSPS) is 21.5. The highest BCUT2D eigenvalue weighted by Gasteiger charge is 2.20. The second-order valence-electron chi connectivity index (χ2n) is 2.56. The van der Waals surface area contributed by atoms with Gasteiger partial charge in [0.25, 0.3) is 5.91 Å². The number of carbonyl (C=O) groups excluding carboxylic acids is 1. The molecule has 0 aliphatic carbocycles. The Hall–Kier alpha value is -1.51. The predicted octanol–water partition coefficient (Wildman–Crippen LogP) is -1.83. The molecule has 1 unspecified atom stereocenters. The third kappa shape index (κ3) is 2.21. The Balaban J connectivity index is 2.84. The van der Waals surface area contributed by atoms with Crippen molar-refractivity contribution in [2.24, 2.45) is 5.73 Å². The van der Waals surface area contributed by atoms with Crippen molar-refractivity contribution < 1.29 is 9.90 Å². The van der Waals surface area contributed by atoms with E-state index in [0.29, 0.717) is 5.57 Å². The molecule has 0 radical (unpaired) electrons. The van der Waals surface area contributed by atoms with E-state index >= 15 is 0 Å². The van der Waals surface area contributed by atoms with Crippen molar-refractivity contribution in [2.45, 2.75) is 6.35 Å². The molecule has 13 heavy (non-hydrogen) atoms. The maximum absolute atomic E-state index is 11.1. The van der Waals surface area contributed by atoms with E-state index in [0.717, 1.165) is 0 Å². The van der Waals surface area contributed by atoms with Crippen LogP contribution in [0.4, 0.5) is 0 Å². The number of hydrogen-bond acceptors (Lipinski definition) is 4. The number of nitrogens with zero attached hydrogens (tertiary/aromatic N) is 1. The fourth-order valence-electron chi connectivity index (χ4n) is 0.865. The number of aliphatic hydroxyl groups excluding tert-OH is 1. The van der Waals surface area contributed by atoms with Crippen molar-refractivity contribution in [3.8, 4) is 11.8 Å². The number of nitrogens with two attached hydrogens (primary N) is 1. The molecular formula is C8H11N3O2. The van der Waals surface area contributed by atoms with Gasteiger partial charge in [-0.3, -0.25) is 4.79 Å². The molecule has 0 aromatic rings. The topological polar surface area (TPSA) is 78.6 Å². The minimum atomic E-state index is -0.976. The summed E-state index contributed by atoms with van der Waals surface area (Å²) in [5.41, 5.74) is 5.46. The van der Waals surface area contributed by atoms with Crippen LogP contribution in [0.15, 0.2) is 11.8 Å². The summed E-state index contributed by atoms with van der Waals surface area (Å²) >= 11 is 0. The molecule has 0 aromatic carbocycles. The zero-order valence-electron chi connectivity index (χ0n) is 7.24. The first-order valence-corrected chi connectivity index (χ1v) is 3.77. The highest BCUT2D eigenvalue weighted by molar-refractivity contribution is 5.98. The molecule has 4 N–H and O–H groups in total. The van der Waals surface area contributed by atoms with Crippen LogP contribution in [-0.4, -0.2) is 35.9 Å². The lowest BCUT2D eigenvalue weighted by Crippen LogP contribution is -2.48. The van der Waals surface area contributed by atoms with Gasteiger partial charge in [0, 0.05) is 13.2 Å². The van der Waals surface area contributed by atoms with Crippen LogP contribution < -0.4 is 11.1 Å². The fraction of sp³-hybridized carbons (Fsp3) is 0.375. The Labute approximate surface area is 76.2 Å². The highest BCUT2D eigenvalue weighted by Crippen LogP contribution is 2.04. The molecule has 0 spiro atoms. The van der Waals surface area contributed by atoms with Gasteiger partial charge in [0.1, 0.15) is 5.57 Å². The van der Waals surface area contributed by atoms with Gasteiger partial charge in [0.15, 0.2) is 0 Å². The molecule has 1 aliphatic heterocycles. The summed E-state index contributed by atoms with van der Waals surface area (Å²) in [6.45, 7) is 0.205. The minimum Gasteiger partial charge on any atom is -0.356 e. The van der Waals surface area contributed by atoms with E-state index in [9.17, 15) is 4.79 Å². The number of hydrogen-bond donors (Lipinski definition) is 3. The molecule has 1 heterocycles. The number of nitrogens with one attached hydrogen (secondary N) is 1. The molecule has 0 saturated heterocycles. The lowest BCUT2D eigenvalue weighted by Gasteiger charge is -2.26. The summed E-state index contributed by atoms with van der Waals surface area (Å²) < 4.78 is 0. The second kappa shape index (κ2) is 3.94. The Morgan fingerprint density at radius 2 is 2.54 bits per heavy atom. The molecule has 5 nitrogen and oxygen atoms in total. The van der Waals surface area contributed by atoms with E-state index in [2.05, 4.69) is 17.2 Å². The molecule has 0 saturated carbocycles. The van der Waals surface area contributed by atoms with Gasteiger partial charge in [-0.15, -0.1) is 0 Å². The first-order valence-electron chi connectivity index (χ1n) is 3.77. The Bertz CT molecular complexity index is 300. The molecule has 1 amide bonds. The number of rotatable bonds is 0. The molecule has 70 valence electrons. The van der Waals surface area contributed by atoms with Crippen molar-refractivity contribution in [3.63, 3.8) is 0 Å². The van der Waals surface area contributed by atoms with Crippen LogP contribution in [0.25, 0.3) is 0 Å². The molecule has 1 rings (SSSR count). The third-order valence-corrected chi connectivity index (χ3v) is 1.55. The zero-order valence-corrected chi connectivity index (χ0v) is 7.24. The molecule has 0 aromatic heterocycles. The van der Waals surface area contributed by atoms with Crippen LogP contribution in [0.1, 0.15) is 0 Å². The summed E-state index contributed by atoms with van der Waals surface area (Å²) in [6, 6.07) is 0. The number of aliphatic hydroxyl groups is 1. The van der Waals surface area contributed by atoms with Crippen molar-refractivity contribution in [1.29, 1.82) is 0 Å². The summed E-state index contributed by atoms with van der Waals surface area (Å²) in [5.74, 6) is 4.78. The Kier molecular flexibility index (Phi) is 2.90. The fourth-order valence-corrected chi connectivity index (χ4v) is 0.865. The van der Waals surface area contributed by atoms with E-state index in [4.69, 9.17) is 10.8 Å². The zero-order chi connectivity index (χ0) is 9.84. The molecular weight excluding hydrogens is 170 g/mol. The molecule has 1 atom stereocenters. The second-order valence-corrected chi connectivity index (χ2v) is 2.56. The monoisotopic (exact) mass is 181 g/mol. The quantitative estimate of drug-likeness (QED) is 0.384. The lowest BCUT2D eigenvalue weighted by atomic mass is 10.2. The predicted molar refractivity (Wildman–Crippen MR) is 46.8 cm³/mol. The van der Waals surface area contributed by atoms with Crippen LogP contribution in [0, 0.1) is 11.8 Å². The van der Waals surface area contributed by atoms with Crippen LogP contribution in [0.3, 0.4) is 0 Å². The van der Waals surface area contributed by atoms with E-state index in [1.807, 2.05) is 0 Å². The SMILES string of the molecule is CN1C=C(C#CCN)C(=O)NC1O. The van der Waals surface area contributed by atoms with Gasteiger partial charge in [-0.25, -0.2) is 0 Å². The highest BCUT2D eigenvalue weighted by atomic mass is 16.3. The van der Waals surface area contributed by atoms with Gasteiger partial charge in [-0.05, 0) is 0 Å². The summed E-state index contributed by atoms with van der Waals surface area (Å²) in [6.07, 6.45) is 0.502. The van der Waals surface area contributed by atoms with Gasteiger partial charge >= 0.3 is 0 Å². The maximum Gasteiger partial charge on any atom is 0.264 e. The smallest absolute Gasteiger partial charge is 0.264 e. The van der Waals surface area contributed by atoms with E-state index in [1.165, 1.54) is 11.1 Å².